The van der Waals surface area contributed by atoms with Crippen molar-refractivity contribution >= 4 is 57.5 Å². The van der Waals surface area contributed by atoms with E-state index >= 15 is 0 Å². The zero-order valence-corrected chi connectivity index (χ0v) is 19.6. The summed E-state index contributed by atoms with van der Waals surface area (Å²) in [4.78, 5) is 20.1. The monoisotopic (exact) mass is 492 g/mol. The Hall–Kier alpha value is -1.57. The van der Waals surface area contributed by atoms with E-state index in [1.54, 1.807) is 22.7 Å². The van der Waals surface area contributed by atoms with Crippen LogP contribution >= 0.6 is 57.5 Å². The molecule has 0 aliphatic heterocycles. The van der Waals surface area contributed by atoms with Crippen molar-refractivity contribution < 1.29 is 0 Å². The summed E-state index contributed by atoms with van der Waals surface area (Å²) in [5.74, 6) is 0.576. The first-order valence-corrected chi connectivity index (χ1v) is 12.2. The van der Waals surface area contributed by atoms with Crippen LogP contribution in [0.3, 0.4) is 0 Å². The van der Waals surface area contributed by atoms with Crippen LogP contribution in [0.15, 0.2) is 47.2 Å². The van der Waals surface area contributed by atoms with Crippen LogP contribution in [-0.2, 0) is 0 Å². The van der Waals surface area contributed by atoms with Crippen molar-refractivity contribution in [3.05, 3.63) is 89.7 Å². The van der Waals surface area contributed by atoms with Crippen LogP contribution in [0, 0.1) is 6.92 Å². The Kier molecular flexibility index (Phi) is 5.54. The zero-order chi connectivity index (χ0) is 20.8. The highest BCUT2D eigenvalue weighted by atomic mass is 35.5. The third-order valence-electron chi connectivity index (χ3n) is 5.51. The van der Waals surface area contributed by atoms with E-state index in [9.17, 15) is 0 Å². The van der Waals surface area contributed by atoms with Gasteiger partial charge in [0.1, 0.15) is 5.15 Å². The number of aryl methyl sites for hydroxylation is 1. The van der Waals surface area contributed by atoms with Crippen LogP contribution in [-0.4, -0.2) is 19.9 Å². The molecule has 1 aliphatic rings. The number of nitrogens with zero attached hydrogens (tertiary/aromatic N) is 4. The predicted octanol–water partition coefficient (Wildman–Crippen LogP) is 7.11. The minimum Gasteiger partial charge on any atom is -0.223 e. The standard InChI is InChI=1S/C21H15Cl3N4S2/c1-10-8-11(26-20(23)25-10)16-17(12-9-15(22)28-21(24)27-12)19(14-5-3-7-30-14)18(16)13-4-2-6-29-13/h2-9,16-19H,1H3/t16-,17+,18+,19?/m1/s1. The molecule has 5 rings (SSSR count). The van der Waals surface area contributed by atoms with Crippen LogP contribution in [0.5, 0.6) is 0 Å². The third kappa shape index (κ3) is 3.65. The largest absolute Gasteiger partial charge is 0.224 e. The van der Waals surface area contributed by atoms with E-state index in [2.05, 4.69) is 55.0 Å². The molecular weight excluding hydrogens is 479 g/mol. The second-order valence-electron chi connectivity index (χ2n) is 7.22. The predicted molar refractivity (Wildman–Crippen MR) is 123 cm³/mol. The van der Waals surface area contributed by atoms with Gasteiger partial charge < -0.3 is 0 Å². The number of hydrogen-bond donors (Lipinski definition) is 0. The van der Waals surface area contributed by atoms with Gasteiger partial charge in [0.2, 0.25) is 10.6 Å². The molecule has 1 saturated carbocycles. The summed E-state index contributed by atoms with van der Waals surface area (Å²) in [7, 11) is 0. The molecule has 4 heterocycles. The Bertz CT molecular complexity index is 1050. The van der Waals surface area contributed by atoms with E-state index in [1.165, 1.54) is 9.75 Å². The van der Waals surface area contributed by atoms with Crippen molar-refractivity contribution in [2.24, 2.45) is 0 Å². The maximum absolute atomic E-state index is 6.25. The van der Waals surface area contributed by atoms with E-state index in [4.69, 9.17) is 34.8 Å². The van der Waals surface area contributed by atoms with E-state index in [0.29, 0.717) is 5.15 Å². The van der Waals surface area contributed by atoms with Gasteiger partial charge in [-0.3, -0.25) is 0 Å². The molecule has 152 valence electrons. The lowest BCUT2D eigenvalue weighted by atomic mass is 9.53. The molecule has 1 fully saturated rings. The van der Waals surface area contributed by atoms with Crippen LogP contribution in [0.25, 0.3) is 0 Å². The van der Waals surface area contributed by atoms with Gasteiger partial charge in [0.05, 0.1) is 11.4 Å². The van der Waals surface area contributed by atoms with Crippen molar-refractivity contribution in [3.63, 3.8) is 0 Å². The van der Waals surface area contributed by atoms with Gasteiger partial charge in [0.25, 0.3) is 0 Å². The first kappa shape index (κ1) is 20.3. The highest BCUT2D eigenvalue weighted by Crippen LogP contribution is 2.67. The van der Waals surface area contributed by atoms with E-state index < -0.39 is 0 Å². The van der Waals surface area contributed by atoms with Crippen molar-refractivity contribution in [2.45, 2.75) is 30.6 Å². The first-order valence-electron chi connectivity index (χ1n) is 9.29. The van der Waals surface area contributed by atoms with Gasteiger partial charge in [0.15, 0.2) is 0 Å². The number of thiophene rings is 2. The SMILES string of the molecule is Cc1cc([C@@H]2[C@H](c3cc(Cl)nc(Cl)n3)C(c3cccs3)[C@H]2c2cccs2)nc(Cl)n1. The molecule has 4 atom stereocenters. The molecule has 0 N–H and O–H groups in total. The minimum absolute atomic E-state index is 0.0408. The molecule has 0 radical (unpaired) electrons. The molecule has 1 aliphatic carbocycles. The second-order valence-corrected chi connectivity index (χ2v) is 10.2. The first-order chi connectivity index (χ1) is 14.5. The molecule has 1 unspecified atom stereocenters. The van der Waals surface area contributed by atoms with Crippen LogP contribution < -0.4 is 0 Å². The number of hydrogen-bond acceptors (Lipinski definition) is 6. The van der Waals surface area contributed by atoms with Crippen molar-refractivity contribution in [2.75, 3.05) is 0 Å². The summed E-state index contributed by atoms with van der Waals surface area (Å²) in [6, 6.07) is 12.4. The number of halogens is 3. The van der Waals surface area contributed by atoms with Gasteiger partial charge >= 0.3 is 0 Å². The van der Waals surface area contributed by atoms with Crippen LogP contribution in [0.4, 0.5) is 0 Å². The van der Waals surface area contributed by atoms with Gasteiger partial charge in [-0.25, -0.2) is 19.9 Å². The van der Waals surface area contributed by atoms with Gasteiger partial charge in [0, 0.05) is 39.1 Å². The Labute approximate surface area is 196 Å². The summed E-state index contributed by atoms with van der Waals surface area (Å²) < 4.78 is 0. The van der Waals surface area contributed by atoms with Crippen molar-refractivity contribution in [1.29, 1.82) is 0 Å². The highest BCUT2D eigenvalue weighted by Gasteiger charge is 2.55. The van der Waals surface area contributed by atoms with Gasteiger partial charge in [-0.05, 0) is 65.2 Å². The van der Waals surface area contributed by atoms with Crippen LogP contribution in [0.1, 0.15) is 50.5 Å². The number of rotatable bonds is 4. The molecule has 4 nitrogen and oxygen atoms in total. The minimum atomic E-state index is 0.0408. The molecular formula is C21H15Cl3N4S2. The average molecular weight is 494 g/mol. The fraction of sp³-hybridized carbons (Fsp3) is 0.238. The molecule has 0 saturated heterocycles. The van der Waals surface area contributed by atoms with Crippen LogP contribution in [0.2, 0.25) is 15.7 Å². The summed E-state index contributed by atoms with van der Waals surface area (Å²) in [6.07, 6.45) is 0. The molecule has 4 aromatic heterocycles. The Morgan fingerprint density at radius 1 is 0.700 bits per heavy atom. The Morgan fingerprint density at radius 2 is 1.23 bits per heavy atom. The molecule has 30 heavy (non-hydrogen) atoms. The van der Waals surface area contributed by atoms with Crippen molar-refractivity contribution in [3.8, 4) is 0 Å². The molecule has 0 amide bonds. The Balaban J connectivity index is 1.70. The van der Waals surface area contributed by atoms with Crippen molar-refractivity contribution in [1.82, 2.24) is 19.9 Å². The quantitative estimate of drug-likeness (QED) is 0.224. The second kappa shape index (κ2) is 8.17. The lowest BCUT2D eigenvalue weighted by molar-refractivity contribution is 0.226. The van der Waals surface area contributed by atoms with E-state index in [-0.39, 0.29) is 34.2 Å². The number of aromatic nitrogens is 4. The smallest absolute Gasteiger partial charge is 0.223 e. The summed E-state index contributed by atoms with van der Waals surface area (Å²) >= 11 is 22.2. The van der Waals surface area contributed by atoms with E-state index in [1.807, 2.05) is 19.1 Å². The molecule has 9 heteroatoms. The third-order valence-corrected chi connectivity index (χ3v) is 7.99. The fourth-order valence-corrected chi connectivity index (χ4v) is 6.96. The molecule has 0 spiro atoms. The molecule has 0 aromatic carbocycles. The van der Waals surface area contributed by atoms with Gasteiger partial charge in [-0.1, -0.05) is 23.7 Å². The fourth-order valence-electron chi connectivity index (χ4n) is 4.46. The summed E-state index contributed by atoms with van der Waals surface area (Å²) in [5.41, 5.74) is 2.57. The molecule has 4 aromatic rings. The Morgan fingerprint density at radius 3 is 1.70 bits per heavy atom. The highest BCUT2D eigenvalue weighted by molar-refractivity contribution is 7.10. The summed E-state index contributed by atoms with van der Waals surface area (Å²) in [6.45, 7) is 1.93. The average Bonchev–Trinajstić information content (AvgIpc) is 3.33. The lowest BCUT2D eigenvalue weighted by Crippen LogP contribution is -2.40. The van der Waals surface area contributed by atoms with E-state index in [0.717, 1.165) is 17.1 Å². The zero-order valence-electron chi connectivity index (χ0n) is 15.7. The maximum atomic E-state index is 6.25. The maximum Gasteiger partial charge on any atom is 0.224 e. The topological polar surface area (TPSA) is 51.6 Å². The van der Waals surface area contributed by atoms with Gasteiger partial charge in [-0.15, -0.1) is 22.7 Å². The summed E-state index contributed by atoms with van der Waals surface area (Å²) in [5, 5.41) is 4.97. The normalized spacial score (nSPS) is 23.3. The van der Waals surface area contributed by atoms with Gasteiger partial charge in [-0.2, -0.15) is 0 Å². The molecule has 0 bridgehead atoms. The lowest BCUT2D eigenvalue weighted by Gasteiger charge is -2.51.